The Labute approximate surface area is 163 Å². The molecule has 3 heterocycles. The van der Waals surface area contributed by atoms with Crippen LogP contribution in [0.1, 0.15) is 17.9 Å². The Bertz CT molecular complexity index is 1020. The van der Waals surface area contributed by atoms with Gasteiger partial charge in [-0.2, -0.15) is 0 Å². The number of ether oxygens (including phenoxy) is 3. The number of hydrogen-bond donors (Lipinski definition) is 0. The summed E-state index contributed by atoms with van der Waals surface area (Å²) in [4.78, 5) is 27.1. The van der Waals surface area contributed by atoms with Crippen LogP contribution in [-0.2, 0) is 14.3 Å². The molecule has 1 amide bonds. The van der Waals surface area contributed by atoms with Crippen molar-refractivity contribution >= 4 is 33.5 Å². The fourth-order valence-corrected chi connectivity index (χ4v) is 4.17. The minimum absolute atomic E-state index is 0.0761. The molecule has 0 unspecified atom stereocenters. The molecule has 0 saturated heterocycles. The number of halogens is 1. The second-order valence-electron chi connectivity index (χ2n) is 6.51. The van der Waals surface area contributed by atoms with Crippen LogP contribution in [0.3, 0.4) is 0 Å². The fourth-order valence-electron chi connectivity index (χ4n) is 3.78. The van der Waals surface area contributed by atoms with E-state index >= 15 is 0 Å². The van der Waals surface area contributed by atoms with E-state index in [1.54, 1.807) is 4.90 Å². The van der Waals surface area contributed by atoms with E-state index in [2.05, 4.69) is 15.9 Å². The number of hydrogen-bond acceptors (Lipinski definition) is 5. The summed E-state index contributed by atoms with van der Waals surface area (Å²) < 4.78 is 17.0. The van der Waals surface area contributed by atoms with Gasteiger partial charge < -0.3 is 14.2 Å². The summed E-state index contributed by atoms with van der Waals surface area (Å²) in [5, 5.41) is 0. The number of esters is 1. The van der Waals surface area contributed by atoms with Crippen LogP contribution < -0.4 is 14.4 Å². The highest BCUT2D eigenvalue weighted by Crippen LogP contribution is 2.44. The molecule has 5 rings (SSSR count). The first kappa shape index (κ1) is 16.4. The van der Waals surface area contributed by atoms with Crippen LogP contribution in [0.2, 0.25) is 0 Å². The fraction of sp³-hybridized carbons (Fsp3) is 0.200. The third-order valence-corrected chi connectivity index (χ3v) is 5.48. The van der Waals surface area contributed by atoms with Crippen molar-refractivity contribution in [2.24, 2.45) is 0 Å². The van der Waals surface area contributed by atoms with Gasteiger partial charge in [-0.1, -0.05) is 28.1 Å². The van der Waals surface area contributed by atoms with Crippen LogP contribution in [0.5, 0.6) is 11.5 Å². The number of carbonyl (C=O) groups is 2. The average molecular weight is 428 g/mol. The molecule has 136 valence electrons. The summed E-state index contributed by atoms with van der Waals surface area (Å²) >= 11 is 3.43. The van der Waals surface area contributed by atoms with Gasteiger partial charge >= 0.3 is 5.97 Å². The van der Waals surface area contributed by atoms with E-state index < -0.39 is 0 Å². The monoisotopic (exact) mass is 427 g/mol. The van der Waals surface area contributed by atoms with Gasteiger partial charge in [0.2, 0.25) is 12.7 Å². The van der Waals surface area contributed by atoms with E-state index in [0.717, 1.165) is 10.0 Å². The highest BCUT2D eigenvalue weighted by molar-refractivity contribution is 9.10. The Balaban J connectivity index is 1.61. The molecule has 0 N–H and O–H groups in total. The SMILES string of the molecule is O=C1OCC2=C1[C@H](c1ccc3c(c1)OCO3)CC(=O)N2c1cccc(Br)c1. The quantitative estimate of drug-likeness (QED) is 0.686. The summed E-state index contributed by atoms with van der Waals surface area (Å²) in [6, 6.07) is 13.0. The summed E-state index contributed by atoms with van der Waals surface area (Å²) in [5.41, 5.74) is 2.70. The molecule has 2 aromatic rings. The lowest BCUT2D eigenvalue weighted by atomic mass is 9.84. The molecule has 27 heavy (non-hydrogen) atoms. The Morgan fingerprint density at radius 3 is 2.70 bits per heavy atom. The van der Waals surface area contributed by atoms with Gasteiger partial charge in [-0.05, 0) is 35.9 Å². The number of nitrogens with zero attached hydrogens (tertiary/aromatic N) is 1. The van der Waals surface area contributed by atoms with Gasteiger partial charge in [0.1, 0.15) is 6.61 Å². The van der Waals surface area contributed by atoms with E-state index in [-0.39, 0.29) is 37.6 Å². The number of rotatable bonds is 2. The predicted molar refractivity (Wildman–Crippen MR) is 99.5 cm³/mol. The minimum atomic E-state index is -0.375. The summed E-state index contributed by atoms with van der Waals surface area (Å²) in [7, 11) is 0. The van der Waals surface area contributed by atoms with Crippen LogP contribution in [0.25, 0.3) is 0 Å². The maximum absolute atomic E-state index is 13.0. The van der Waals surface area contributed by atoms with Crippen LogP contribution >= 0.6 is 15.9 Å². The van der Waals surface area contributed by atoms with Gasteiger partial charge in [-0.15, -0.1) is 0 Å². The van der Waals surface area contributed by atoms with Crippen LogP contribution in [0.15, 0.2) is 58.2 Å². The average Bonchev–Trinajstić information content (AvgIpc) is 3.27. The van der Waals surface area contributed by atoms with Crippen LogP contribution in [0, 0.1) is 0 Å². The molecule has 1 atom stereocenters. The van der Waals surface area contributed by atoms with Gasteiger partial charge in [0, 0.05) is 22.5 Å². The minimum Gasteiger partial charge on any atom is -0.456 e. The van der Waals surface area contributed by atoms with E-state index in [4.69, 9.17) is 14.2 Å². The van der Waals surface area contributed by atoms with Gasteiger partial charge in [-0.25, -0.2) is 4.79 Å². The largest absolute Gasteiger partial charge is 0.456 e. The molecule has 0 fully saturated rings. The number of benzene rings is 2. The van der Waals surface area contributed by atoms with Crippen LogP contribution in [0.4, 0.5) is 5.69 Å². The molecule has 2 aromatic carbocycles. The second-order valence-corrected chi connectivity index (χ2v) is 7.43. The zero-order chi connectivity index (χ0) is 18.5. The molecule has 0 saturated carbocycles. The van der Waals surface area contributed by atoms with E-state index in [1.165, 1.54) is 0 Å². The van der Waals surface area contributed by atoms with E-state index in [9.17, 15) is 9.59 Å². The Morgan fingerprint density at radius 2 is 1.85 bits per heavy atom. The first-order chi connectivity index (χ1) is 13.1. The highest BCUT2D eigenvalue weighted by Gasteiger charge is 2.43. The molecule has 0 aromatic heterocycles. The number of anilines is 1. The summed E-state index contributed by atoms with van der Waals surface area (Å²) in [5.74, 6) is 0.483. The molecule has 0 aliphatic carbocycles. The Hall–Kier alpha value is -2.80. The first-order valence-electron chi connectivity index (χ1n) is 8.50. The zero-order valence-corrected chi connectivity index (χ0v) is 15.7. The van der Waals surface area contributed by atoms with Gasteiger partial charge in [-0.3, -0.25) is 9.69 Å². The molecule has 0 bridgehead atoms. The van der Waals surface area contributed by atoms with Crippen molar-refractivity contribution in [3.63, 3.8) is 0 Å². The lowest BCUT2D eigenvalue weighted by Gasteiger charge is -2.32. The van der Waals surface area contributed by atoms with Crippen molar-refractivity contribution < 1.29 is 23.8 Å². The summed E-state index contributed by atoms with van der Waals surface area (Å²) in [6.45, 7) is 0.266. The molecule has 7 heteroatoms. The zero-order valence-electron chi connectivity index (χ0n) is 14.1. The third kappa shape index (κ3) is 2.61. The topological polar surface area (TPSA) is 65.1 Å². The van der Waals surface area contributed by atoms with Crippen molar-refractivity contribution in [3.05, 3.63) is 63.8 Å². The number of carbonyl (C=O) groups excluding carboxylic acids is 2. The molecule has 0 spiro atoms. The highest BCUT2D eigenvalue weighted by atomic mass is 79.9. The van der Waals surface area contributed by atoms with Crippen molar-refractivity contribution in [3.8, 4) is 11.5 Å². The Morgan fingerprint density at radius 1 is 1.00 bits per heavy atom. The number of cyclic esters (lactones) is 1. The molecule has 3 aliphatic rings. The summed E-state index contributed by atoms with van der Waals surface area (Å²) in [6.07, 6.45) is 0.181. The first-order valence-corrected chi connectivity index (χ1v) is 9.29. The molecule has 6 nitrogen and oxygen atoms in total. The van der Waals surface area contributed by atoms with E-state index in [1.807, 2.05) is 42.5 Å². The molecule has 0 radical (unpaired) electrons. The number of amides is 1. The van der Waals surface area contributed by atoms with Crippen molar-refractivity contribution in [1.82, 2.24) is 0 Å². The maximum Gasteiger partial charge on any atom is 0.336 e. The van der Waals surface area contributed by atoms with Gasteiger partial charge in [0.15, 0.2) is 11.5 Å². The second kappa shape index (κ2) is 6.13. The number of fused-ring (bicyclic) bond motifs is 1. The standard InChI is InChI=1S/C20H14BrNO5/c21-12-2-1-3-13(7-12)22-15-9-25-20(24)19(15)14(8-18(22)23)11-4-5-16-17(6-11)27-10-26-16/h1-7,14H,8-10H2/t14-/m0/s1. The molecular weight excluding hydrogens is 414 g/mol. The van der Waals surface area contributed by atoms with Gasteiger partial charge in [0.05, 0.1) is 11.3 Å². The predicted octanol–water partition coefficient (Wildman–Crippen LogP) is 3.51. The maximum atomic E-state index is 13.0. The lowest BCUT2D eigenvalue weighted by molar-refractivity contribution is -0.136. The van der Waals surface area contributed by atoms with Crippen molar-refractivity contribution in [2.75, 3.05) is 18.3 Å². The van der Waals surface area contributed by atoms with Crippen molar-refractivity contribution in [2.45, 2.75) is 12.3 Å². The lowest BCUT2D eigenvalue weighted by Crippen LogP contribution is -2.37. The van der Waals surface area contributed by atoms with Crippen molar-refractivity contribution in [1.29, 1.82) is 0 Å². The van der Waals surface area contributed by atoms with E-state index in [0.29, 0.717) is 28.5 Å². The normalized spacial score (nSPS) is 20.8. The molecule has 3 aliphatic heterocycles. The Kier molecular flexibility index (Phi) is 3.72. The third-order valence-electron chi connectivity index (χ3n) is 4.98. The van der Waals surface area contributed by atoms with Crippen LogP contribution in [-0.4, -0.2) is 25.3 Å². The van der Waals surface area contributed by atoms with Gasteiger partial charge in [0.25, 0.3) is 0 Å². The molecular formula is C20H14BrNO5. The smallest absolute Gasteiger partial charge is 0.336 e.